The molecular weight excluding hydrogens is 438 g/mol. The standard InChI is InChI=1S/C23H29N7O2S/c1-15(31)26-23-27-18-5-3-4-17-20(16-6-7-19(24-2)25-14-16)28-30(21(17)22(18)33-23)9-8-29-10-12-32-13-11-29/h6-7,14H,3-5,8-13H2,1-2H3,(H,24,25)(H,26,27,31). The Morgan fingerprint density at radius 3 is 2.79 bits per heavy atom. The van der Waals surface area contributed by atoms with Crippen molar-refractivity contribution in [3.63, 3.8) is 0 Å². The van der Waals surface area contributed by atoms with E-state index in [1.54, 1.807) is 11.3 Å². The lowest BCUT2D eigenvalue weighted by Crippen LogP contribution is -2.38. The number of rotatable bonds is 6. The van der Waals surface area contributed by atoms with Crippen molar-refractivity contribution in [2.24, 2.45) is 0 Å². The highest BCUT2D eigenvalue weighted by Crippen LogP contribution is 2.42. The molecule has 3 aromatic rings. The van der Waals surface area contributed by atoms with Gasteiger partial charge in [0.25, 0.3) is 0 Å². The molecule has 1 saturated heterocycles. The number of carbonyl (C=O) groups excluding carboxylic acids is 1. The van der Waals surface area contributed by atoms with Crippen LogP contribution in [0.5, 0.6) is 0 Å². The highest BCUT2D eigenvalue weighted by molar-refractivity contribution is 7.19. The van der Waals surface area contributed by atoms with Gasteiger partial charge >= 0.3 is 0 Å². The highest BCUT2D eigenvalue weighted by atomic mass is 32.1. The topological polar surface area (TPSA) is 97.2 Å². The van der Waals surface area contributed by atoms with Crippen LogP contribution in [0.3, 0.4) is 0 Å². The molecule has 5 rings (SSSR count). The van der Waals surface area contributed by atoms with Crippen molar-refractivity contribution >= 4 is 28.2 Å². The minimum Gasteiger partial charge on any atom is -0.379 e. The molecule has 0 radical (unpaired) electrons. The van der Waals surface area contributed by atoms with Gasteiger partial charge in [0.1, 0.15) is 5.82 Å². The first-order valence-corrected chi connectivity index (χ1v) is 12.3. The molecule has 0 bridgehead atoms. The molecule has 0 aromatic carbocycles. The Balaban J connectivity index is 1.56. The molecule has 33 heavy (non-hydrogen) atoms. The predicted octanol–water partition coefficient (Wildman–Crippen LogP) is 2.89. The molecule has 2 aliphatic rings. The van der Waals surface area contributed by atoms with Crippen LogP contribution in [0.4, 0.5) is 10.9 Å². The van der Waals surface area contributed by atoms with E-state index in [1.165, 1.54) is 12.5 Å². The zero-order valence-corrected chi connectivity index (χ0v) is 19.9. The third-order valence-corrected chi connectivity index (χ3v) is 7.13. The van der Waals surface area contributed by atoms with E-state index in [2.05, 4.69) is 31.3 Å². The van der Waals surface area contributed by atoms with Gasteiger partial charge in [-0.15, -0.1) is 0 Å². The molecule has 1 aliphatic carbocycles. The van der Waals surface area contributed by atoms with Crippen LogP contribution < -0.4 is 10.6 Å². The Morgan fingerprint density at radius 2 is 2.06 bits per heavy atom. The van der Waals surface area contributed by atoms with Crippen molar-refractivity contribution in [3.05, 3.63) is 29.6 Å². The van der Waals surface area contributed by atoms with Crippen LogP contribution in [0, 0.1) is 0 Å². The Hall–Kier alpha value is -2.82. The molecule has 10 heteroatoms. The second-order valence-electron chi connectivity index (χ2n) is 8.36. The molecule has 2 N–H and O–H groups in total. The minimum atomic E-state index is -0.101. The summed E-state index contributed by atoms with van der Waals surface area (Å²) in [6.45, 7) is 6.69. The molecule has 0 unspecified atom stereocenters. The average Bonchev–Trinajstić information content (AvgIpc) is 3.33. The first kappa shape index (κ1) is 22.0. The second kappa shape index (κ2) is 9.58. The van der Waals surface area contributed by atoms with Crippen LogP contribution in [0.2, 0.25) is 0 Å². The number of pyridine rings is 1. The Bertz CT molecular complexity index is 1130. The predicted molar refractivity (Wildman–Crippen MR) is 130 cm³/mol. The molecule has 9 nitrogen and oxygen atoms in total. The zero-order chi connectivity index (χ0) is 22.8. The quantitative estimate of drug-likeness (QED) is 0.575. The van der Waals surface area contributed by atoms with Gasteiger partial charge in [0.05, 0.1) is 41.7 Å². The summed E-state index contributed by atoms with van der Waals surface area (Å²) in [6.07, 6.45) is 4.71. The first-order valence-electron chi connectivity index (χ1n) is 11.4. The van der Waals surface area contributed by atoms with Crippen molar-refractivity contribution in [2.45, 2.75) is 32.7 Å². The second-order valence-corrected chi connectivity index (χ2v) is 9.36. The third-order valence-electron chi connectivity index (χ3n) is 6.11. The van der Waals surface area contributed by atoms with Crippen molar-refractivity contribution in [1.29, 1.82) is 0 Å². The SMILES string of the molecule is CNc1ccc(-c2nn(CCN3CCOCC3)c3c2CCCc2nc(NC(C)=O)sc2-3)cn1. The van der Waals surface area contributed by atoms with Gasteiger partial charge in [0.2, 0.25) is 5.91 Å². The monoisotopic (exact) mass is 467 g/mol. The van der Waals surface area contributed by atoms with Crippen molar-refractivity contribution in [2.75, 3.05) is 50.5 Å². The maximum absolute atomic E-state index is 11.6. The zero-order valence-electron chi connectivity index (χ0n) is 19.1. The van der Waals surface area contributed by atoms with E-state index < -0.39 is 0 Å². The third kappa shape index (κ3) is 4.64. The van der Waals surface area contributed by atoms with Gasteiger partial charge in [-0.05, 0) is 31.4 Å². The van der Waals surface area contributed by atoms with Gasteiger partial charge in [-0.2, -0.15) is 5.10 Å². The van der Waals surface area contributed by atoms with Crippen LogP contribution in [-0.2, 0) is 28.9 Å². The number of aryl methyl sites for hydroxylation is 1. The summed E-state index contributed by atoms with van der Waals surface area (Å²) >= 11 is 1.55. The number of thiazole rings is 1. The molecule has 1 aliphatic heterocycles. The number of hydrogen-bond donors (Lipinski definition) is 2. The van der Waals surface area contributed by atoms with Gasteiger partial charge in [0, 0.05) is 50.9 Å². The van der Waals surface area contributed by atoms with Crippen molar-refractivity contribution in [1.82, 2.24) is 24.6 Å². The van der Waals surface area contributed by atoms with E-state index in [-0.39, 0.29) is 5.91 Å². The molecule has 1 amide bonds. The minimum absolute atomic E-state index is 0.101. The van der Waals surface area contributed by atoms with Gasteiger partial charge in [-0.1, -0.05) is 11.3 Å². The van der Waals surface area contributed by atoms with E-state index in [0.29, 0.717) is 5.13 Å². The van der Waals surface area contributed by atoms with Crippen LogP contribution in [0.25, 0.3) is 21.8 Å². The van der Waals surface area contributed by atoms with Crippen molar-refractivity contribution < 1.29 is 9.53 Å². The lowest BCUT2D eigenvalue weighted by atomic mass is 10.0. The summed E-state index contributed by atoms with van der Waals surface area (Å²) in [7, 11) is 1.87. The van der Waals surface area contributed by atoms with Gasteiger partial charge < -0.3 is 15.4 Å². The number of anilines is 2. The normalized spacial score (nSPS) is 16.1. The average molecular weight is 468 g/mol. The summed E-state index contributed by atoms with van der Waals surface area (Å²) < 4.78 is 7.65. The highest BCUT2D eigenvalue weighted by Gasteiger charge is 2.28. The Kier molecular flexibility index (Phi) is 6.39. The van der Waals surface area contributed by atoms with Crippen molar-refractivity contribution in [3.8, 4) is 21.8 Å². The summed E-state index contributed by atoms with van der Waals surface area (Å²) in [4.78, 5) is 24.4. The largest absolute Gasteiger partial charge is 0.379 e. The molecule has 3 aromatic heterocycles. The number of nitrogens with one attached hydrogen (secondary N) is 2. The van der Waals surface area contributed by atoms with Crippen LogP contribution in [0.1, 0.15) is 24.6 Å². The van der Waals surface area contributed by atoms with Crippen LogP contribution in [-0.4, -0.2) is 70.5 Å². The number of fused-ring (bicyclic) bond motifs is 3. The lowest BCUT2D eigenvalue weighted by Gasteiger charge is -2.26. The molecule has 1 fully saturated rings. The van der Waals surface area contributed by atoms with Gasteiger partial charge in [0.15, 0.2) is 5.13 Å². The number of aromatic nitrogens is 4. The summed E-state index contributed by atoms with van der Waals surface area (Å²) in [5.41, 5.74) is 5.44. The lowest BCUT2D eigenvalue weighted by molar-refractivity contribution is -0.114. The summed E-state index contributed by atoms with van der Waals surface area (Å²) in [5.74, 6) is 0.734. The number of amides is 1. The maximum Gasteiger partial charge on any atom is 0.223 e. The Labute approximate surface area is 197 Å². The van der Waals surface area contributed by atoms with E-state index in [1.807, 2.05) is 19.3 Å². The fourth-order valence-corrected chi connectivity index (χ4v) is 5.60. The molecule has 0 saturated carbocycles. The number of ether oxygens (including phenoxy) is 1. The Morgan fingerprint density at radius 1 is 1.21 bits per heavy atom. The number of hydrogen-bond acceptors (Lipinski definition) is 8. The van der Waals surface area contributed by atoms with E-state index in [9.17, 15) is 4.79 Å². The fourth-order valence-electron chi connectivity index (χ4n) is 4.47. The smallest absolute Gasteiger partial charge is 0.223 e. The van der Waals surface area contributed by atoms with E-state index in [0.717, 1.165) is 92.0 Å². The molecule has 4 heterocycles. The number of morpholine rings is 1. The fraction of sp³-hybridized carbons (Fsp3) is 0.478. The van der Waals surface area contributed by atoms with Crippen LogP contribution >= 0.6 is 11.3 Å². The summed E-state index contributed by atoms with van der Waals surface area (Å²) in [6, 6.07) is 4.06. The van der Waals surface area contributed by atoms with Crippen LogP contribution in [0.15, 0.2) is 18.3 Å². The van der Waals surface area contributed by atoms with E-state index >= 15 is 0 Å². The molecular formula is C23H29N7O2S. The molecule has 174 valence electrons. The van der Waals surface area contributed by atoms with Gasteiger partial charge in [-0.25, -0.2) is 9.97 Å². The van der Waals surface area contributed by atoms with E-state index in [4.69, 9.17) is 14.8 Å². The molecule has 0 spiro atoms. The molecule has 0 atom stereocenters. The van der Waals surface area contributed by atoms with Gasteiger partial charge in [-0.3, -0.25) is 14.4 Å². The summed E-state index contributed by atoms with van der Waals surface area (Å²) in [5, 5.41) is 11.7. The number of nitrogens with zero attached hydrogens (tertiary/aromatic N) is 5. The number of carbonyl (C=O) groups is 1. The maximum atomic E-state index is 11.6. The first-order chi connectivity index (χ1) is 16.1.